The first kappa shape index (κ1) is 20.2. The zero-order valence-electron chi connectivity index (χ0n) is 14.4. The van der Waals surface area contributed by atoms with E-state index in [1.54, 1.807) is 18.2 Å². The van der Waals surface area contributed by atoms with Gasteiger partial charge < -0.3 is 10.1 Å². The molecule has 0 spiro atoms. The molecule has 1 amide bonds. The molecule has 1 N–H and O–H groups in total. The molecule has 0 aromatic heterocycles. The van der Waals surface area contributed by atoms with E-state index in [0.29, 0.717) is 5.75 Å². The van der Waals surface area contributed by atoms with Crippen molar-refractivity contribution in [3.63, 3.8) is 0 Å². The Balaban J connectivity index is 1.80. The van der Waals surface area contributed by atoms with Crippen LogP contribution in [-0.4, -0.2) is 28.6 Å². The molecule has 0 atom stereocenters. The van der Waals surface area contributed by atoms with Crippen molar-refractivity contribution >= 4 is 29.0 Å². The van der Waals surface area contributed by atoms with Gasteiger partial charge in [0.2, 0.25) is 5.91 Å². The van der Waals surface area contributed by atoms with E-state index >= 15 is 0 Å². The molecule has 0 fully saturated rings. The Hall–Kier alpha value is -3.14. The van der Waals surface area contributed by atoms with E-state index in [4.69, 9.17) is 4.74 Å². The minimum Gasteiger partial charge on any atom is -0.490 e. The first-order chi connectivity index (χ1) is 12.9. The predicted molar refractivity (Wildman–Crippen MR) is 101 cm³/mol. The summed E-state index contributed by atoms with van der Waals surface area (Å²) < 4.78 is 4.95. The largest absolute Gasteiger partial charge is 0.490 e. The number of ether oxygens (including phenoxy) is 1. The van der Waals surface area contributed by atoms with Gasteiger partial charge in [-0.05, 0) is 17.2 Å². The van der Waals surface area contributed by atoms with Gasteiger partial charge in [-0.2, -0.15) is 0 Å². The van der Waals surface area contributed by atoms with Crippen LogP contribution in [0.25, 0.3) is 0 Å². The number of nitro benzene ring substituents is 2. The average molecular weight is 391 g/mol. The number of non-ortho nitro benzene ring substituents is 1. The van der Waals surface area contributed by atoms with Gasteiger partial charge in [0, 0.05) is 30.5 Å². The molecule has 142 valence electrons. The molecule has 0 radical (unpaired) electrons. The van der Waals surface area contributed by atoms with Crippen LogP contribution in [0.1, 0.15) is 11.1 Å². The number of nitrogens with zero attached hydrogens (tertiary/aromatic N) is 2. The molecule has 0 bridgehead atoms. The third-order valence-electron chi connectivity index (χ3n) is 3.58. The molecule has 0 aliphatic heterocycles. The smallest absolute Gasteiger partial charge is 0.311 e. The fourth-order valence-electron chi connectivity index (χ4n) is 2.22. The maximum Gasteiger partial charge on any atom is 0.311 e. The van der Waals surface area contributed by atoms with Gasteiger partial charge in [-0.1, -0.05) is 18.2 Å². The van der Waals surface area contributed by atoms with Crippen LogP contribution >= 0.6 is 11.8 Å². The van der Waals surface area contributed by atoms with Crippen molar-refractivity contribution in [3.05, 3.63) is 73.8 Å². The molecule has 0 unspecified atom stereocenters. The van der Waals surface area contributed by atoms with Crippen molar-refractivity contribution in [2.45, 2.75) is 12.3 Å². The van der Waals surface area contributed by atoms with Gasteiger partial charge in [-0.15, -0.1) is 11.8 Å². The number of nitrogens with one attached hydrogen (secondary N) is 1. The quantitative estimate of drug-likeness (QED) is 0.514. The lowest BCUT2D eigenvalue weighted by Gasteiger charge is -2.07. The lowest BCUT2D eigenvalue weighted by Crippen LogP contribution is -2.24. The highest BCUT2D eigenvalue weighted by Crippen LogP contribution is 2.28. The monoisotopic (exact) mass is 391 g/mol. The zero-order valence-corrected chi connectivity index (χ0v) is 15.2. The van der Waals surface area contributed by atoms with E-state index < -0.39 is 9.85 Å². The van der Waals surface area contributed by atoms with Gasteiger partial charge in [-0.3, -0.25) is 25.0 Å². The summed E-state index contributed by atoms with van der Waals surface area (Å²) in [6.45, 7) is 0.269. The third-order valence-corrected chi connectivity index (χ3v) is 4.58. The Morgan fingerprint density at radius 1 is 1.07 bits per heavy atom. The molecule has 2 aromatic rings. The van der Waals surface area contributed by atoms with Gasteiger partial charge in [0.25, 0.3) is 5.69 Å². The van der Waals surface area contributed by atoms with Crippen LogP contribution < -0.4 is 10.1 Å². The summed E-state index contributed by atoms with van der Waals surface area (Å²) in [5.41, 5.74) is 1.35. The van der Waals surface area contributed by atoms with Gasteiger partial charge in [0.15, 0.2) is 5.75 Å². The molecule has 27 heavy (non-hydrogen) atoms. The summed E-state index contributed by atoms with van der Waals surface area (Å²) in [7, 11) is 1.37. The number of rotatable bonds is 9. The van der Waals surface area contributed by atoms with E-state index in [9.17, 15) is 25.0 Å². The van der Waals surface area contributed by atoms with Gasteiger partial charge in [0.05, 0.1) is 22.7 Å². The van der Waals surface area contributed by atoms with Gasteiger partial charge in [-0.25, -0.2) is 0 Å². The Morgan fingerprint density at radius 2 is 1.74 bits per heavy atom. The molecule has 10 heteroatoms. The van der Waals surface area contributed by atoms with E-state index in [0.717, 1.165) is 11.1 Å². The van der Waals surface area contributed by atoms with Crippen molar-refractivity contribution in [2.75, 3.05) is 12.9 Å². The molecule has 9 nitrogen and oxygen atoms in total. The molecule has 2 aromatic carbocycles. The Bertz CT molecular complexity index is 841. The second kappa shape index (κ2) is 9.53. The Kier molecular flexibility index (Phi) is 7.12. The number of hydrogen-bond donors (Lipinski definition) is 1. The van der Waals surface area contributed by atoms with Crippen LogP contribution in [-0.2, 0) is 17.1 Å². The number of carbonyl (C=O) groups is 1. The molecular formula is C17H17N3O6S. The standard InChI is InChI=1S/C17H17N3O6S/c1-26-16-7-4-13(8-15(16)20(24)25)10-27-11-17(21)18-9-12-2-5-14(6-3-12)19(22)23/h2-8H,9-11H2,1H3,(H,18,21). The van der Waals surface area contributed by atoms with Crippen molar-refractivity contribution in [1.82, 2.24) is 5.32 Å². The zero-order chi connectivity index (χ0) is 19.8. The van der Waals surface area contributed by atoms with Crippen molar-refractivity contribution in [3.8, 4) is 5.75 Å². The summed E-state index contributed by atoms with van der Waals surface area (Å²) in [5, 5.41) is 24.3. The van der Waals surface area contributed by atoms with Crippen LogP contribution in [0, 0.1) is 20.2 Å². The van der Waals surface area contributed by atoms with Gasteiger partial charge >= 0.3 is 5.69 Å². The number of methoxy groups -OCH3 is 1. The van der Waals surface area contributed by atoms with E-state index in [-0.39, 0.29) is 35.3 Å². The van der Waals surface area contributed by atoms with Crippen molar-refractivity contribution in [2.24, 2.45) is 0 Å². The highest BCUT2D eigenvalue weighted by Gasteiger charge is 2.15. The second-order valence-electron chi connectivity index (χ2n) is 5.46. The molecule has 0 heterocycles. The molecule has 0 aliphatic rings. The maximum absolute atomic E-state index is 11.9. The van der Waals surface area contributed by atoms with E-state index in [2.05, 4.69) is 5.32 Å². The number of hydrogen-bond acceptors (Lipinski definition) is 7. The first-order valence-corrected chi connectivity index (χ1v) is 8.95. The minimum atomic E-state index is -0.510. The minimum absolute atomic E-state index is 0.00535. The molecule has 2 rings (SSSR count). The lowest BCUT2D eigenvalue weighted by molar-refractivity contribution is -0.385. The average Bonchev–Trinajstić information content (AvgIpc) is 2.66. The Morgan fingerprint density at radius 3 is 2.33 bits per heavy atom. The molecule has 0 aliphatic carbocycles. The van der Waals surface area contributed by atoms with Crippen LogP contribution in [0.4, 0.5) is 11.4 Å². The number of amides is 1. The highest BCUT2D eigenvalue weighted by molar-refractivity contribution is 7.99. The SMILES string of the molecule is COc1ccc(CSCC(=O)NCc2ccc([N+](=O)[O-])cc2)cc1[N+](=O)[O-]. The number of nitro groups is 2. The fraction of sp³-hybridized carbons (Fsp3) is 0.235. The molecule has 0 saturated carbocycles. The summed E-state index contributed by atoms with van der Waals surface area (Å²) in [6, 6.07) is 10.6. The highest BCUT2D eigenvalue weighted by atomic mass is 32.2. The van der Waals surface area contributed by atoms with Crippen molar-refractivity contribution in [1.29, 1.82) is 0 Å². The fourth-order valence-corrected chi connectivity index (χ4v) is 3.02. The second-order valence-corrected chi connectivity index (χ2v) is 6.44. The number of benzene rings is 2. The summed E-state index contributed by atoms with van der Waals surface area (Å²) >= 11 is 1.33. The van der Waals surface area contributed by atoms with E-state index in [1.165, 1.54) is 43.1 Å². The summed E-state index contributed by atoms with van der Waals surface area (Å²) in [4.78, 5) is 32.5. The summed E-state index contributed by atoms with van der Waals surface area (Å²) in [6.07, 6.45) is 0. The third kappa shape index (κ3) is 5.96. The topological polar surface area (TPSA) is 125 Å². The van der Waals surface area contributed by atoms with Crippen LogP contribution in [0.3, 0.4) is 0 Å². The van der Waals surface area contributed by atoms with Crippen molar-refractivity contribution < 1.29 is 19.4 Å². The van der Waals surface area contributed by atoms with Crippen LogP contribution in [0.15, 0.2) is 42.5 Å². The van der Waals surface area contributed by atoms with Crippen LogP contribution in [0.5, 0.6) is 5.75 Å². The lowest BCUT2D eigenvalue weighted by atomic mass is 10.2. The molecule has 0 saturated heterocycles. The number of carbonyl (C=O) groups excluding carboxylic acids is 1. The maximum atomic E-state index is 11.9. The van der Waals surface area contributed by atoms with Crippen LogP contribution in [0.2, 0.25) is 0 Å². The van der Waals surface area contributed by atoms with Gasteiger partial charge in [0.1, 0.15) is 0 Å². The Labute approximate surface area is 159 Å². The summed E-state index contributed by atoms with van der Waals surface area (Å²) in [5.74, 6) is 0.624. The molecular weight excluding hydrogens is 374 g/mol. The number of thioether (sulfide) groups is 1. The predicted octanol–water partition coefficient (Wildman–Crippen LogP) is 3.06. The normalized spacial score (nSPS) is 10.3. The first-order valence-electron chi connectivity index (χ1n) is 7.79. The van der Waals surface area contributed by atoms with E-state index in [1.807, 2.05) is 0 Å².